The molecule has 1 aliphatic heterocycles. The molecule has 0 bridgehead atoms. The summed E-state index contributed by atoms with van der Waals surface area (Å²) in [5.74, 6) is 2.40. The number of nitrogens with one attached hydrogen (secondary N) is 1. The maximum Gasteiger partial charge on any atom is 0.139 e. The van der Waals surface area contributed by atoms with Gasteiger partial charge in [0.25, 0.3) is 0 Å². The predicted molar refractivity (Wildman–Crippen MR) is 71.7 cm³/mol. The van der Waals surface area contributed by atoms with Crippen molar-refractivity contribution in [3.63, 3.8) is 0 Å². The maximum atomic E-state index is 4.58. The first-order chi connectivity index (χ1) is 8.77. The summed E-state index contributed by atoms with van der Waals surface area (Å²) in [6, 6.07) is 0.693. The number of piperidine rings is 1. The fourth-order valence-corrected chi connectivity index (χ4v) is 3.47. The lowest BCUT2D eigenvalue weighted by Gasteiger charge is -2.37. The van der Waals surface area contributed by atoms with E-state index in [1.165, 1.54) is 44.3 Å². The largest absolute Gasteiger partial charge is 0.317 e. The normalized spacial score (nSPS) is 23.2. The van der Waals surface area contributed by atoms with Crippen molar-refractivity contribution in [3.05, 3.63) is 11.6 Å². The van der Waals surface area contributed by atoms with E-state index in [9.17, 15) is 0 Å². The minimum atomic E-state index is 0.282. The van der Waals surface area contributed by atoms with Crippen molar-refractivity contribution in [2.45, 2.75) is 63.8 Å². The summed E-state index contributed by atoms with van der Waals surface area (Å²) in [4.78, 5) is 0. The molecule has 0 atom stereocenters. The molecule has 100 valence electrons. The van der Waals surface area contributed by atoms with Crippen molar-refractivity contribution in [2.24, 2.45) is 0 Å². The average molecular weight is 248 g/mol. The fraction of sp³-hybridized carbons (Fsp3) is 0.857. The molecule has 1 N–H and O–H groups in total. The molecule has 1 aromatic rings. The van der Waals surface area contributed by atoms with Crippen molar-refractivity contribution in [1.82, 2.24) is 20.1 Å². The van der Waals surface area contributed by atoms with Crippen LogP contribution in [0.1, 0.15) is 63.1 Å². The highest BCUT2D eigenvalue weighted by Crippen LogP contribution is 2.43. The van der Waals surface area contributed by atoms with E-state index in [2.05, 4.69) is 33.9 Å². The standard InChI is InChI=1S/C14H24N4/c1-3-6-14(7-9-15-10-8-14)13-17-16-11(2)18(13)12-4-5-12/h12,15H,3-10H2,1-2H3. The first-order valence-electron chi connectivity index (χ1n) is 7.39. The Hall–Kier alpha value is -0.900. The van der Waals surface area contributed by atoms with Crippen LogP contribution in [0.4, 0.5) is 0 Å². The van der Waals surface area contributed by atoms with Crippen molar-refractivity contribution >= 4 is 0 Å². The molecule has 0 radical (unpaired) electrons. The zero-order valence-corrected chi connectivity index (χ0v) is 11.6. The van der Waals surface area contributed by atoms with Gasteiger partial charge >= 0.3 is 0 Å². The SMILES string of the molecule is CCCC1(c2nnc(C)n2C2CC2)CCNCC1. The number of aromatic nitrogens is 3. The van der Waals surface area contributed by atoms with Gasteiger partial charge in [-0.3, -0.25) is 0 Å². The predicted octanol–water partition coefficient (Wildman–Crippen LogP) is 2.34. The molecule has 18 heavy (non-hydrogen) atoms. The highest BCUT2D eigenvalue weighted by Gasteiger charge is 2.40. The zero-order chi connectivity index (χ0) is 12.6. The molecule has 2 aliphatic rings. The monoisotopic (exact) mass is 248 g/mol. The van der Waals surface area contributed by atoms with Crippen LogP contribution >= 0.6 is 0 Å². The van der Waals surface area contributed by atoms with Crippen molar-refractivity contribution in [1.29, 1.82) is 0 Å². The topological polar surface area (TPSA) is 42.7 Å². The van der Waals surface area contributed by atoms with E-state index < -0.39 is 0 Å². The Morgan fingerprint density at radius 2 is 2.00 bits per heavy atom. The van der Waals surface area contributed by atoms with Crippen molar-refractivity contribution in [2.75, 3.05) is 13.1 Å². The van der Waals surface area contributed by atoms with Crippen LogP contribution in [0.25, 0.3) is 0 Å². The lowest BCUT2D eigenvalue weighted by atomic mass is 9.74. The van der Waals surface area contributed by atoms with Crippen molar-refractivity contribution < 1.29 is 0 Å². The molecule has 4 nitrogen and oxygen atoms in total. The third-order valence-corrected chi connectivity index (χ3v) is 4.54. The fourth-order valence-electron chi connectivity index (χ4n) is 3.47. The van der Waals surface area contributed by atoms with Crippen LogP contribution in [-0.4, -0.2) is 27.9 Å². The van der Waals surface area contributed by atoms with Crippen LogP contribution in [-0.2, 0) is 5.41 Å². The Morgan fingerprint density at radius 3 is 2.61 bits per heavy atom. The van der Waals surface area contributed by atoms with Gasteiger partial charge in [-0.2, -0.15) is 0 Å². The summed E-state index contributed by atoms with van der Waals surface area (Å²) in [6.07, 6.45) is 7.53. The van der Waals surface area contributed by atoms with Gasteiger partial charge < -0.3 is 9.88 Å². The molecule has 2 heterocycles. The Kier molecular flexibility index (Phi) is 3.14. The number of hydrogen-bond donors (Lipinski definition) is 1. The number of hydrogen-bond acceptors (Lipinski definition) is 3. The van der Waals surface area contributed by atoms with E-state index in [0.29, 0.717) is 6.04 Å². The molecule has 1 aliphatic carbocycles. The molecule has 1 saturated carbocycles. The van der Waals surface area contributed by atoms with Gasteiger partial charge in [0.1, 0.15) is 11.6 Å². The first kappa shape index (κ1) is 12.2. The summed E-state index contributed by atoms with van der Waals surface area (Å²) in [7, 11) is 0. The quantitative estimate of drug-likeness (QED) is 0.889. The van der Waals surface area contributed by atoms with Crippen LogP contribution < -0.4 is 5.32 Å². The van der Waals surface area contributed by atoms with Crippen LogP contribution in [0.15, 0.2) is 0 Å². The van der Waals surface area contributed by atoms with Gasteiger partial charge in [-0.05, 0) is 52.1 Å². The lowest BCUT2D eigenvalue weighted by Crippen LogP contribution is -2.41. The van der Waals surface area contributed by atoms with E-state index in [1.807, 2.05) is 0 Å². The van der Waals surface area contributed by atoms with E-state index in [0.717, 1.165) is 18.9 Å². The molecule has 1 aromatic heterocycles. The van der Waals surface area contributed by atoms with Gasteiger partial charge in [0.2, 0.25) is 0 Å². The molecule has 4 heteroatoms. The summed E-state index contributed by atoms with van der Waals surface area (Å²) >= 11 is 0. The highest BCUT2D eigenvalue weighted by atomic mass is 15.3. The highest BCUT2D eigenvalue weighted by molar-refractivity contribution is 5.15. The van der Waals surface area contributed by atoms with E-state index in [1.54, 1.807) is 0 Å². The number of aryl methyl sites for hydroxylation is 1. The van der Waals surface area contributed by atoms with E-state index in [-0.39, 0.29) is 5.41 Å². The minimum Gasteiger partial charge on any atom is -0.317 e. The summed E-state index contributed by atoms with van der Waals surface area (Å²) in [6.45, 7) is 6.64. The van der Waals surface area contributed by atoms with Crippen LogP contribution in [0.2, 0.25) is 0 Å². The average Bonchev–Trinajstić information content (AvgIpc) is 3.14. The Balaban J connectivity index is 1.98. The van der Waals surface area contributed by atoms with E-state index >= 15 is 0 Å². The Labute approximate surface area is 109 Å². The van der Waals surface area contributed by atoms with Gasteiger partial charge in [-0.25, -0.2) is 0 Å². The maximum absolute atomic E-state index is 4.58. The molecule has 0 amide bonds. The van der Waals surface area contributed by atoms with E-state index in [4.69, 9.17) is 0 Å². The Morgan fingerprint density at radius 1 is 1.28 bits per heavy atom. The van der Waals surface area contributed by atoms with Crippen molar-refractivity contribution in [3.8, 4) is 0 Å². The smallest absolute Gasteiger partial charge is 0.139 e. The minimum absolute atomic E-state index is 0.282. The first-order valence-corrected chi connectivity index (χ1v) is 7.39. The van der Waals surface area contributed by atoms with Gasteiger partial charge in [0, 0.05) is 11.5 Å². The zero-order valence-electron chi connectivity index (χ0n) is 11.6. The molecule has 3 rings (SSSR count). The lowest BCUT2D eigenvalue weighted by molar-refractivity contribution is 0.261. The molecule has 2 fully saturated rings. The van der Waals surface area contributed by atoms with Crippen LogP contribution in [0, 0.1) is 6.92 Å². The second kappa shape index (κ2) is 4.65. The van der Waals surface area contributed by atoms with Gasteiger partial charge in [0.15, 0.2) is 0 Å². The van der Waals surface area contributed by atoms with Gasteiger partial charge in [-0.15, -0.1) is 10.2 Å². The molecule has 0 aromatic carbocycles. The second-order valence-corrected chi connectivity index (χ2v) is 5.95. The number of nitrogens with zero attached hydrogens (tertiary/aromatic N) is 3. The van der Waals surface area contributed by atoms with Gasteiger partial charge in [0.05, 0.1) is 0 Å². The summed E-state index contributed by atoms with van der Waals surface area (Å²) in [5, 5.41) is 12.4. The Bertz CT molecular complexity index is 408. The third-order valence-electron chi connectivity index (χ3n) is 4.54. The van der Waals surface area contributed by atoms with Crippen LogP contribution in [0.5, 0.6) is 0 Å². The summed E-state index contributed by atoms with van der Waals surface area (Å²) < 4.78 is 2.45. The van der Waals surface area contributed by atoms with Crippen LogP contribution in [0.3, 0.4) is 0 Å². The summed E-state index contributed by atoms with van der Waals surface area (Å²) in [5.41, 5.74) is 0.282. The molecular weight excluding hydrogens is 224 g/mol. The van der Waals surface area contributed by atoms with Gasteiger partial charge in [-0.1, -0.05) is 13.3 Å². The molecule has 0 spiro atoms. The third kappa shape index (κ3) is 1.96. The molecular formula is C14H24N4. The molecule has 1 saturated heterocycles. The second-order valence-electron chi connectivity index (χ2n) is 5.95. The molecule has 0 unspecified atom stereocenters. The number of rotatable bonds is 4.